The lowest BCUT2D eigenvalue weighted by atomic mass is 10.0. The first-order valence-electron chi connectivity index (χ1n) is 6.49. The lowest BCUT2D eigenvalue weighted by molar-refractivity contribution is -0.160. The zero-order valence-electron chi connectivity index (χ0n) is 12.0. The van der Waals surface area contributed by atoms with Gasteiger partial charge in [0.2, 0.25) is 6.10 Å². The molecule has 0 saturated carbocycles. The smallest absolute Gasteiger partial charge is 0.380 e. The number of aliphatic hydroxyl groups is 1. The standard InChI is InChI=1S/C15H14O7/c1-3-21-15(19)13-10(12(17)14(18)22-13)11(16)8-6-4-5-7-9(8)20-2/h4-7,13,16H,3H2,1-2H3/b11-10-. The molecule has 0 aliphatic carbocycles. The van der Waals surface area contributed by atoms with Crippen LogP contribution in [0, 0.1) is 0 Å². The molecule has 22 heavy (non-hydrogen) atoms. The van der Waals surface area contributed by atoms with Crippen molar-refractivity contribution < 1.29 is 33.7 Å². The van der Waals surface area contributed by atoms with Crippen LogP contribution in [0.25, 0.3) is 5.76 Å². The number of para-hydroxylation sites is 1. The Hall–Kier alpha value is -2.83. The Balaban J connectivity index is 2.55. The topological polar surface area (TPSA) is 99.1 Å². The lowest BCUT2D eigenvalue weighted by Crippen LogP contribution is -2.25. The van der Waals surface area contributed by atoms with Gasteiger partial charge in [-0.15, -0.1) is 0 Å². The number of benzene rings is 1. The van der Waals surface area contributed by atoms with Crippen molar-refractivity contribution in [3.05, 3.63) is 35.4 Å². The number of carbonyl (C=O) groups excluding carboxylic acids is 3. The Morgan fingerprint density at radius 1 is 1.32 bits per heavy atom. The molecule has 1 aliphatic heterocycles. The van der Waals surface area contributed by atoms with Gasteiger partial charge in [-0.3, -0.25) is 4.79 Å². The van der Waals surface area contributed by atoms with E-state index in [2.05, 4.69) is 0 Å². The summed E-state index contributed by atoms with van der Waals surface area (Å²) in [5.41, 5.74) is -0.283. The Morgan fingerprint density at radius 2 is 2.00 bits per heavy atom. The van der Waals surface area contributed by atoms with Crippen LogP contribution in [-0.4, -0.2) is 42.6 Å². The van der Waals surface area contributed by atoms with E-state index in [9.17, 15) is 19.5 Å². The van der Waals surface area contributed by atoms with Crippen LogP contribution in [0.2, 0.25) is 0 Å². The highest BCUT2D eigenvalue weighted by Crippen LogP contribution is 2.31. The van der Waals surface area contributed by atoms with E-state index >= 15 is 0 Å². The number of carbonyl (C=O) groups is 3. The molecule has 116 valence electrons. The van der Waals surface area contributed by atoms with Gasteiger partial charge in [-0.25, -0.2) is 9.59 Å². The SMILES string of the molecule is CCOC(=O)C1OC(=O)C(=O)/C1=C(/O)c1ccccc1OC. The highest BCUT2D eigenvalue weighted by atomic mass is 16.6. The lowest BCUT2D eigenvalue weighted by Gasteiger charge is -2.12. The van der Waals surface area contributed by atoms with Crippen LogP contribution in [0.4, 0.5) is 0 Å². The van der Waals surface area contributed by atoms with Crippen molar-refractivity contribution in [3.63, 3.8) is 0 Å². The average Bonchev–Trinajstić information content (AvgIpc) is 2.82. The number of cyclic esters (lactones) is 1. The van der Waals surface area contributed by atoms with E-state index in [1.165, 1.54) is 13.2 Å². The molecule has 2 rings (SSSR count). The van der Waals surface area contributed by atoms with Crippen molar-refractivity contribution in [1.29, 1.82) is 0 Å². The van der Waals surface area contributed by atoms with Crippen LogP contribution in [0.15, 0.2) is 29.8 Å². The monoisotopic (exact) mass is 306 g/mol. The molecule has 1 heterocycles. The van der Waals surface area contributed by atoms with Gasteiger partial charge in [-0.2, -0.15) is 0 Å². The number of ether oxygens (including phenoxy) is 3. The van der Waals surface area contributed by atoms with Crippen molar-refractivity contribution in [1.82, 2.24) is 0 Å². The van der Waals surface area contributed by atoms with E-state index in [-0.39, 0.29) is 17.9 Å². The molecule has 1 aromatic carbocycles. The fraction of sp³-hybridized carbons (Fsp3) is 0.267. The number of esters is 2. The summed E-state index contributed by atoms with van der Waals surface area (Å²) in [6, 6.07) is 6.32. The molecule has 0 amide bonds. The van der Waals surface area contributed by atoms with Crippen molar-refractivity contribution >= 4 is 23.5 Å². The van der Waals surface area contributed by atoms with Crippen LogP contribution >= 0.6 is 0 Å². The van der Waals surface area contributed by atoms with Crippen LogP contribution in [0.3, 0.4) is 0 Å². The van der Waals surface area contributed by atoms with Gasteiger partial charge < -0.3 is 19.3 Å². The molecular formula is C15H14O7. The molecule has 1 fully saturated rings. The first-order valence-corrected chi connectivity index (χ1v) is 6.49. The summed E-state index contributed by atoms with van der Waals surface area (Å²) >= 11 is 0. The van der Waals surface area contributed by atoms with Crippen molar-refractivity contribution in [3.8, 4) is 5.75 Å². The Bertz CT molecular complexity index is 660. The number of aliphatic hydroxyl groups excluding tert-OH is 1. The minimum Gasteiger partial charge on any atom is -0.507 e. The molecule has 7 nitrogen and oxygen atoms in total. The number of methoxy groups -OCH3 is 1. The minimum atomic E-state index is -1.58. The van der Waals surface area contributed by atoms with Gasteiger partial charge in [-0.05, 0) is 19.1 Å². The molecule has 1 aliphatic rings. The summed E-state index contributed by atoms with van der Waals surface area (Å²) in [6.45, 7) is 1.61. The fourth-order valence-corrected chi connectivity index (χ4v) is 2.05. The number of Topliss-reactive ketones (excluding diaryl/α,β-unsaturated/α-hetero) is 1. The highest BCUT2D eigenvalue weighted by Gasteiger charge is 2.46. The molecule has 1 atom stereocenters. The maximum atomic E-state index is 11.9. The molecule has 7 heteroatoms. The van der Waals surface area contributed by atoms with Gasteiger partial charge in [0.25, 0.3) is 5.78 Å². The maximum Gasteiger partial charge on any atom is 0.380 e. The van der Waals surface area contributed by atoms with Crippen molar-refractivity contribution in [2.24, 2.45) is 0 Å². The number of rotatable bonds is 4. The maximum absolute atomic E-state index is 11.9. The van der Waals surface area contributed by atoms with Gasteiger partial charge in [0.05, 0.1) is 19.3 Å². The fourth-order valence-electron chi connectivity index (χ4n) is 2.05. The van der Waals surface area contributed by atoms with Crippen molar-refractivity contribution in [2.45, 2.75) is 13.0 Å². The summed E-state index contributed by atoms with van der Waals surface area (Å²) in [5.74, 6) is -3.48. The molecule has 1 aromatic rings. The second kappa shape index (κ2) is 6.30. The molecule has 1 saturated heterocycles. The third-order valence-corrected chi connectivity index (χ3v) is 3.03. The molecule has 1 unspecified atom stereocenters. The molecular weight excluding hydrogens is 292 g/mol. The number of ketones is 1. The van der Waals surface area contributed by atoms with E-state index in [4.69, 9.17) is 14.2 Å². The first kappa shape index (κ1) is 15.6. The van der Waals surface area contributed by atoms with E-state index in [0.717, 1.165) is 0 Å². The second-order valence-corrected chi connectivity index (χ2v) is 4.33. The van der Waals surface area contributed by atoms with Crippen molar-refractivity contribution in [2.75, 3.05) is 13.7 Å². The van der Waals surface area contributed by atoms with Crippen LogP contribution < -0.4 is 4.74 Å². The molecule has 0 bridgehead atoms. The molecule has 0 radical (unpaired) electrons. The zero-order valence-corrected chi connectivity index (χ0v) is 12.0. The highest BCUT2D eigenvalue weighted by molar-refractivity contribution is 6.45. The molecule has 0 spiro atoms. The Morgan fingerprint density at radius 3 is 2.64 bits per heavy atom. The molecule has 1 N–H and O–H groups in total. The predicted molar refractivity (Wildman–Crippen MR) is 74.1 cm³/mol. The average molecular weight is 306 g/mol. The summed E-state index contributed by atoms with van der Waals surface area (Å²) in [6.07, 6.45) is -1.58. The van der Waals surface area contributed by atoms with Crippen LogP contribution in [-0.2, 0) is 23.9 Å². The Labute approximate surface area is 126 Å². The molecule has 0 aromatic heterocycles. The number of hydrogen-bond acceptors (Lipinski definition) is 7. The predicted octanol–water partition coefficient (Wildman–Crippen LogP) is 1.02. The zero-order chi connectivity index (χ0) is 16.3. The second-order valence-electron chi connectivity index (χ2n) is 4.33. The van der Waals surface area contributed by atoms with Crippen LogP contribution in [0.1, 0.15) is 12.5 Å². The quantitative estimate of drug-likeness (QED) is 0.384. The minimum absolute atomic E-state index is 0.0454. The van der Waals surface area contributed by atoms with Crippen LogP contribution in [0.5, 0.6) is 5.75 Å². The van der Waals surface area contributed by atoms with E-state index in [1.807, 2.05) is 0 Å². The first-order chi connectivity index (χ1) is 10.5. The van der Waals surface area contributed by atoms with Gasteiger partial charge in [0.1, 0.15) is 17.1 Å². The van der Waals surface area contributed by atoms with E-state index in [1.54, 1.807) is 25.1 Å². The van der Waals surface area contributed by atoms with Gasteiger partial charge in [0, 0.05) is 0 Å². The van der Waals surface area contributed by atoms with Gasteiger partial charge in [0.15, 0.2) is 0 Å². The normalized spacial score (nSPS) is 19.6. The third kappa shape index (κ3) is 2.65. The summed E-state index contributed by atoms with van der Waals surface area (Å²) in [4.78, 5) is 35.1. The summed E-state index contributed by atoms with van der Waals surface area (Å²) < 4.78 is 14.5. The largest absolute Gasteiger partial charge is 0.507 e. The van der Waals surface area contributed by atoms with E-state index in [0.29, 0.717) is 0 Å². The summed E-state index contributed by atoms with van der Waals surface area (Å²) in [7, 11) is 1.39. The van der Waals surface area contributed by atoms with Gasteiger partial charge >= 0.3 is 11.9 Å². The third-order valence-electron chi connectivity index (χ3n) is 3.03. The summed E-state index contributed by atoms with van der Waals surface area (Å²) in [5, 5.41) is 10.3. The van der Waals surface area contributed by atoms with Gasteiger partial charge in [-0.1, -0.05) is 12.1 Å². The van der Waals surface area contributed by atoms with E-state index < -0.39 is 35.2 Å². The number of hydrogen-bond donors (Lipinski definition) is 1. The Kier molecular flexibility index (Phi) is 4.45.